The Hall–Kier alpha value is -3.29. The molecule has 4 N–H and O–H groups in total. The Morgan fingerprint density at radius 1 is 1.29 bits per heavy atom. The summed E-state index contributed by atoms with van der Waals surface area (Å²) >= 11 is 0. The third-order valence-corrected chi connectivity index (χ3v) is 2.85. The van der Waals surface area contributed by atoms with Crippen molar-refractivity contribution in [2.24, 2.45) is 10.7 Å². The summed E-state index contributed by atoms with van der Waals surface area (Å²) in [5.41, 5.74) is 8.34. The predicted molar refractivity (Wildman–Crippen MR) is 76.0 cm³/mol. The molecule has 0 saturated carbocycles. The summed E-state index contributed by atoms with van der Waals surface area (Å²) in [6, 6.07) is 7.27. The molecule has 0 aliphatic rings. The van der Waals surface area contributed by atoms with Gasteiger partial charge in [-0.2, -0.15) is 5.10 Å². The number of carbonyl (C=O) groups is 1. The number of nitrogens with zero attached hydrogens (tertiary/aromatic N) is 5. The van der Waals surface area contributed by atoms with Crippen molar-refractivity contribution in [1.82, 2.24) is 19.6 Å². The Labute approximate surface area is 118 Å². The Bertz CT molecular complexity index is 854. The van der Waals surface area contributed by atoms with Gasteiger partial charge in [0, 0.05) is 18.0 Å². The monoisotopic (exact) mass is 283 g/mol. The number of fused-ring (bicyclic) bond motifs is 1. The van der Waals surface area contributed by atoms with Gasteiger partial charge in [0.15, 0.2) is 5.84 Å². The first-order valence-corrected chi connectivity index (χ1v) is 5.99. The van der Waals surface area contributed by atoms with E-state index >= 15 is 0 Å². The second-order valence-electron chi connectivity index (χ2n) is 4.21. The molecule has 0 fully saturated rings. The van der Waals surface area contributed by atoms with Gasteiger partial charge in [0.05, 0.1) is 16.0 Å². The van der Waals surface area contributed by atoms with Crippen LogP contribution in [0.25, 0.3) is 16.8 Å². The highest BCUT2D eigenvalue weighted by atomic mass is 16.4. The van der Waals surface area contributed by atoms with Gasteiger partial charge in [0.25, 0.3) is 0 Å². The zero-order valence-electron chi connectivity index (χ0n) is 10.8. The van der Waals surface area contributed by atoms with E-state index in [4.69, 9.17) is 10.8 Å². The van der Waals surface area contributed by atoms with Crippen LogP contribution in [0.5, 0.6) is 0 Å². The zero-order chi connectivity index (χ0) is 14.8. The number of aliphatic imine (C=N–C) groups is 1. The molecule has 8 heteroatoms. The number of amidine groups is 1. The molecule has 104 valence electrons. The van der Waals surface area contributed by atoms with Crippen molar-refractivity contribution >= 4 is 17.4 Å². The topological polar surface area (TPSA) is 121 Å². The molecule has 21 heavy (non-hydrogen) atoms. The molecule has 3 aromatic heterocycles. The number of amides is 1. The van der Waals surface area contributed by atoms with E-state index in [1.54, 1.807) is 16.8 Å². The first kappa shape index (κ1) is 12.7. The van der Waals surface area contributed by atoms with Gasteiger partial charge in [0.1, 0.15) is 12.0 Å². The Kier molecular flexibility index (Phi) is 3.03. The summed E-state index contributed by atoms with van der Waals surface area (Å²) < 4.78 is 1.74. The highest BCUT2D eigenvalue weighted by molar-refractivity contribution is 6.01. The number of hydrogen-bond donors (Lipinski definition) is 1. The van der Waals surface area contributed by atoms with E-state index in [9.17, 15) is 4.79 Å². The number of carbonyl (C=O) groups excluding carboxylic acids is 1. The SMILES string of the molecule is NC(=NC(=O)[OH2+])c1cc(-c2ccn3nccc3c2)ncn1. The summed E-state index contributed by atoms with van der Waals surface area (Å²) in [6.07, 6.45) is 3.74. The minimum atomic E-state index is -1.12. The molecule has 3 rings (SSSR count). The number of hydrogen-bond acceptors (Lipinski definition) is 4. The van der Waals surface area contributed by atoms with Crippen LogP contribution in [0.2, 0.25) is 0 Å². The third-order valence-electron chi connectivity index (χ3n) is 2.85. The van der Waals surface area contributed by atoms with Gasteiger partial charge in [-0.25, -0.2) is 14.5 Å². The molecule has 0 aromatic carbocycles. The molecule has 0 saturated heterocycles. The summed E-state index contributed by atoms with van der Waals surface area (Å²) in [5, 5.41) is 10.9. The standard InChI is InChI=1S/C13H10N6O2/c14-12(18-13(20)21)11-6-10(15-7-16-11)8-2-4-19-9(5-8)1-3-17-19/h1-7H,(H2,14,18)(H,20,21)/p+1. The van der Waals surface area contributed by atoms with Crippen LogP contribution in [-0.4, -0.2) is 36.6 Å². The van der Waals surface area contributed by atoms with E-state index in [1.165, 1.54) is 6.33 Å². The third kappa shape index (κ3) is 2.54. The fourth-order valence-electron chi connectivity index (χ4n) is 1.90. The Morgan fingerprint density at radius 3 is 2.95 bits per heavy atom. The number of rotatable bonds is 2. The van der Waals surface area contributed by atoms with E-state index in [0.29, 0.717) is 11.4 Å². The summed E-state index contributed by atoms with van der Waals surface area (Å²) in [5.74, 6) is -0.107. The fourth-order valence-corrected chi connectivity index (χ4v) is 1.90. The van der Waals surface area contributed by atoms with Crippen molar-refractivity contribution in [2.45, 2.75) is 0 Å². The number of aromatic nitrogens is 4. The average Bonchev–Trinajstić information content (AvgIpc) is 2.94. The molecule has 3 aromatic rings. The lowest BCUT2D eigenvalue weighted by molar-refractivity contribution is 0.205. The van der Waals surface area contributed by atoms with Crippen LogP contribution in [0.4, 0.5) is 4.79 Å². The van der Waals surface area contributed by atoms with Crippen LogP contribution in [0.1, 0.15) is 5.69 Å². The molecule has 0 bridgehead atoms. The van der Waals surface area contributed by atoms with Gasteiger partial charge in [-0.05, 0) is 24.3 Å². The zero-order valence-corrected chi connectivity index (χ0v) is 10.8. The lowest BCUT2D eigenvalue weighted by atomic mass is 10.1. The number of nitrogens with two attached hydrogens (primary N) is 1. The van der Waals surface area contributed by atoms with Crippen LogP contribution < -0.4 is 5.73 Å². The molecular weight excluding hydrogens is 272 g/mol. The van der Waals surface area contributed by atoms with Crippen molar-refractivity contribution in [1.29, 1.82) is 0 Å². The highest BCUT2D eigenvalue weighted by Gasteiger charge is 2.10. The van der Waals surface area contributed by atoms with E-state index < -0.39 is 6.09 Å². The van der Waals surface area contributed by atoms with Gasteiger partial charge in [-0.3, -0.25) is 0 Å². The molecule has 8 nitrogen and oxygen atoms in total. The van der Waals surface area contributed by atoms with Gasteiger partial charge >= 0.3 is 6.09 Å². The molecule has 3 heterocycles. The van der Waals surface area contributed by atoms with E-state index in [-0.39, 0.29) is 5.84 Å². The summed E-state index contributed by atoms with van der Waals surface area (Å²) in [4.78, 5) is 22.1. The molecule has 0 spiro atoms. The largest absolute Gasteiger partial charge is 0.654 e. The highest BCUT2D eigenvalue weighted by Crippen LogP contribution is 2.18. The fraction of sp³-hybridized carbons (Fsp3) is 0. The molecular formula is C13H11N6O2+. The normalized spacial score (nSPS) is 11.7. The summed E-state index contributed by atoms with van der Waals surface area (Å²) in [7, 11) is 0. The van der Waals surface area contributed by atoms with Crippen molar-refractivity contribution in [3.63, 3.8) is 0 Å². The molecule has 0 radical (unpaired) electrons. The lowest BCUT2D eigenvalue weighted by Gasteiger charge is -2.03. The van der Waals surface area contributed by atoms with Gasteiger partial charge in [0.2, 0.25) is 0 Å². The minimum absolute atomic E-state index is 0.107. The first-order valence-electron chi connectivity index (χ1n) is 5.99. The molecule has 0 aliphatic heterocycles. The Balaban J connectivity index is 2.04. The maximum absolute atomic E-state index is 10.6. The van der Waals surface area contributed by atoms with Crippen molar-refractivity contribution in [3.05, 3.63) is 48.7 Å². The van der Waals surface area contributed by atoms with Crippen LogP contribution in [0.15, 0.2) is 48.0 Å². The van der Waals surface area contributed by atoms with Crippen molar-refractivity contribution in [3.8, 4) is 11.3 Å². The average molecular weight is 283 g/mol. The lowest BCUT2D eigenvalue weighted by Crippen LogP contribution is -2.17. The second-order valence-corrected chi connectivity index (χ2v) is 4.21. The van der Waals surface area contributed by atoms with Gasteiger partial charge in [-0.1, -0.05) is 4.99 Å². The number of pyridine rings is 1. The van der Waals surface area contributed by atoms with Crippen molar-refractivity contribution in [2.75, 3.05) is 0 Å². The molecule has 0 aliphatic carbocycles. The van der Waals surface area contributed by atoms with Gasteiger partial charge < -0.3 is 10.8 Å². The minimum Gasteiger partial charge on any atom is -0.545 e. The summed E-state index contributed by atoms with van der Waals surface area (Å²) in [6.45, 7) is 0. The van der Waals surface area contributed by atoms with Crippen LogP contribution in [0, 0.1) is 0 Å². The van der Waals surface area contributed by atoms with Crippen LogP contribution in [-0.2, 0) is 0 Å². The first-order chi connectivity index (χ1) is 10.1. The van der Waals surface area contributed by atoms with Crippen LogP contribution in [0.3, 0.4) is 0 Å². The maximum Gasteiger partial charge on any atom is 0.654 e. The predicted octanol–water partition coefficient (Wildman–Crippen LogP) is 0.341. The van der Waals surface area contributed by atoms with E-state index in [2.05, 4.69) is 20.1 Å². The second kappa shape index (κ2) is 5.00. The molecule has 0 atom stereocenters. The molecule has 1 amide bonds. The maximum atomic E-state index is 10.6. The van der Waals surface area contributed by atoms with Crippen molar-refractivity contribution < 1.29 is 9.90 Å². The quantitative estimate of drug-likeness (QED) is 0.413. The van der Waals surface area contributed by atoms with E-state index in [0.717, 1.165) is 11.1 Å². The molecule has 0 unspecified atom stereocenters. The van der Waals surface area contributed by atoms with E-state index in [1.807, 2.05) is 24.4 Å². The van der Waals surface area contributed by atoms with Gasteiger partial charge in [-0.15, -0.1) is 0 Å². The Morgan fingerprint density at radius 2 is 2.14 bits per heavy atom. The van der Waals surface area contributed by atoms with Crippen LogP contribution >= 0.6 is 0 Å². The smallest absolute Gasteiger partial charge is 0.545 e.